The molecule has 0 aliphatic carbocycles. The molecule has 2 aromatic carbocycles. The summed E-state index contributed by atoms with van der Waals surface area (Å²) in [6, 6.07) is 18.3. The van der Waals surface area contributed by atoms with Crippen LogP contribution in [0.3, 0.4) is 0 Å². The first-order valence-electron chi connectivity index (χ1n) is 10.00. The normalized spacial score (nSPS) is 19.7. The molecule has 1 aliphatic heterocycles. The van der Waals surface area contributed by atoms with Crippen molar-refractivity contribution in [3.63, 3.8) is 0 Å². The van der Waals surface area contributed by atoms with E-state index < -0.39 is 0 Å². The second kappa shape index (κ2) is 9.09. The number of morpholine rings is 1. The van der Waals surface area contributed by atoms with Crippen molar-refractivity contribution in [2.45, 2.75) is 25.7 Å². The van der Waals surface area contributed by atoms with Crippen molar-refractivity contribution >= 4 is 5.96 Å². The summed E-state index contributed by atoms with van der Waals surface area (Å²) in [5.74, 6) is 1.25. The Morgan fingerprint density at radius 3 is 2.67 bits per heavy atom. The van der Waals surface area contributed by atoms with Crippen LogP contribution in [0.4, 0.5) is 4.39 Å². The average Bonchev–Trinajstić information content (AvgIpc) is 3.24. The zero-order valence-corrected chi connectivity index (χ0v) is 17.1. The van der Waals surface area contributed by atoms with Gasteiger partial charge in [0.15, 0.2) is 11.7 Å². The van der Waals surface area contributed by atoms with Crippen molar-refractivity contribution in [1.82, 2.24) is 15.4 Å². The van der Waals surface area contributed by atoms with E-state index in [2.05, 4.69) is 20.4 Å². The van der Waals surface area contributed by atoms with Crippen molar-refractivity contribution < 1.29 is 13.7 Å². The van der Waals surface area contributed by atoms with Gasteiger partial charge in [0.25, 0.3) is 0 Å². The zero-order chi connectivity index (χ0) is 20.9. The minimum Gasteiger partial charge on any atom is -0.367 e. The van der Waals surface area contributed by atoms with Gasteiger partial charge in [0.2, 0.25) is 0 Å². The van der Waals surface area contributed by atoms with Gasteiger partial charge >= 0.3 is 0 Å². The molecule has 0 radical (unpaired) electrons. The molecule has 0 bridgehead atoms. The summed E-state index contributed by atoms with van der Waals surface area (Å²) in [6.45, 7) is 3.87. The molecule has 0 spiro atoms. The minimum absolute atomic E-state index is 0.0177. The fourth-order valence-corrected chi connectivity index (χ4v) is 3.62. The van der Waals surface area contributed by atoms with E-state index in [9.17, 15) is 4.39 Å². The molecule has 0 amide bonds. The van der Waals surface area contributed by atoms with Crippen LogP contribution in [0, 0.1) is 5.82 Å². The number of nitrogens with zero attached hydrogens (tertiary/aromatic N) is 3. The number of benzene rings is 2. The molecule has 1 saturated heterocycles. The number of nitrogens with one attached hydrogen (secondary N) is 1. The van der Waals surface area contributed by atoms with E-state index in [0.29, 0.717) is 19.6 Å². The molecule has 156 valence electrons. The summed E-state index contributed by atoms with van der Waals surface area (Å²) in [5, 5.41) is 7.52. The maximum Gasteiger partial charge on any atom is 0.194 e. The predicted octanol–water partition coefficient (Wildman–Crippen LogP) is 4.02. The Morgan fingerprint density at radius 1 is 1.17 bits per heavy atom. The van der Waals surface area contributed by atoms with E-state index in [1.807, 2.05) is 43.3 Å². The first-order valence-corrected chi connectivity index (χ1v) is 10.00. The molecule has 2 atom stereocenters. The topological polar surface area (TPSA) is 62.9 Å². The third-order valence-electron chi connectivity index (χ3n) is 5.06. The first-order chi connectivity index (χ1) is 14.6. The van der Waals surface area contributed by atoms with Crippen LogP contribution in [0.5, 0.6) is 0 Å². The Labute approximate surface area is 175 Å². The summed E-state index contributed by atoms with van der Waals surface area (Å²) in [5.41, 5.74) is 2.74. The molecule has 2 heterocycles. The van der Waals surface area contributed by atoms with Gasteiger partial charge in [-0.2, -0.15) is 0 Å². The standard InChI is InChI=1S/C23H25FN4O2/c1-16-14-28(15-22(29-16)18-8-10-19(24)11-9-18)23(25-2)26-13-20-12-21(30-27-20)17-6-4-3-5-7-17/h3-12,16,22H,13-15H2,1-2H3,(H,25,26). The highest BCUT2D eigenvalue weighted by Gasteiger charge is 2.28. The van der Waals surface area contributed by atoms with Gasteiger partial charge < -0.3 is 19.5 Å². The maximum absolute atomic E-state index is 13.3. The monoisotopic (exact) mass is 408 g/mol. The van der Waals surface area contributed by atoms with Crippen LogP contribution in [-0.4, -0.2) is 42.3 Å². The van der Waals surface area contributed by atoms with Crippen molar-refractivity contribution in [1.29, 1.82) is 0 Å². The highest BCUT2D eigenvalue weighted by molar-refractivity contribution is 5.80. The van der Waals surface area contributed by atoms with Crippen LogP contribution >= 0.6 is 0 Å². The Morgan fingerprint density at radius 2 is 1.93 bits per heavy atom. The minimum atomic E-state index is -0.251. The molecule has 1 fully saturated rings. The lowest BCUT2D eigenvalue weighted by molar-refractivity contribution is -0.0605. The maximum atomic E-state index is 13.3. The molecule has 30 heavy (non-hydrogen) atoms. The molecule has 4 rings (SSSR count). The van der Waals surface area contributed by atoms with Crippen LogP contribution in [0.2, 0.25) is 0 Å². The van der Waals surface area contributed by atoms with Crippen molar-refractivity contribution in [2.75, 3.05) is 20.1 Å². The number of aliphatic imine (C=N–C) groups is 1. The van der Waals surface area contributed by atoms with Crippen molar-refractivity contribution in [3.8, 4) is 11.3 Å². The van der Waals surface area contributed by atoms with Gasteiger partial charge in [-0.15, -0.1) is 0 Å². The van der Waals surface area contributed by atoms with Crippen LogP contribution in [0.25, 0.3) is 11.3 Å². The molecule has 1 N–H and O–H groups in total. The smallest absolute Gasteiger partial charge is 0.194 e. The SMILES string of the molecule is CN=C(NCc1cc(-c2ccccc2)on1)N1CC(C)OC(c2ccc(F)cc2)C1. The zero-order valence-electron chi connectivity index (χ0n) is 17.1. The third kappa shape index (κ3) is 4.68. The van der Waals surface area contributed by atoms with Gasteiger partial charge in [0, 0.05) is 25.2 Å². The quantitative estimate of drug-likeness (QED) is 0.522. The summed E-state index contributed by atoms with van der Waals surface area (Å²) in [6.07, 6.45) is -0.131. The van der Waals surface area contributed by atoms with Crippen LogP contribution in [0.1, 0.15) is 24.3 Å². The lowest BCUT2D eigenvalue weighted by Gasteiger charge is -2.38. The molecule has 1 aromatic heterocycles. The van der Waals surface area contributed by atoms with Gasteiger partial charge in [0.1, 0.15) is 17.6 Å². The first kappa shape index (κ1) is 20.1. The molecule has 6 nitrogen and oxygen atoms in total. The van der Waals surface area contributed by atoms with Crippen molar-refractivity contribution in [3.05, 3.63) is 77.7 Å². The second-order valence-electron chi connectivity index (χ2n) is 7.34. The van der Waals surface area contributed by atoms with Gasteiger partial charge in [0.05, 0.1) is 19.2 Å². The summed E-state index contributed by atoms with van der Waals surface area (Å²) < 4.78 is 24.8. The number of aromatic nitrogens is 1. The number of hydrogen-bond donors (Lipinski definition) is 1. The highest BCUT2D eigenvalue weighted by Crippen LogP contribution is 2.25. The predicted molar refractivity (Wildman–Crippen MR) is 113 cm³/mol. The Balaban J connectivity index is 1.41. The fourth-order valence-electron chi connectivity index (χ4n) is 3.62. The summed E-state index contributed by atoms with van der Waals surface area (Å²) >= 11 is 0. The van der Waals surface area contributed by atoms with E-state index in [4.69, 9.17) is 9.26 Å². The van der Waals surface area contributed by atoms with Crippen LogP contribution < -0.4 is 5.32 Å². The average molecular weight is 408 g/mol. The van der Waals surface area contributed by atoms with E-state index in [0.717, 1.165) is 28.5 Å². The number of hydrogen-bond acceptors (Lipinski definition) is 4. The Bertz CT molecular complexity index is 988. The van der Waals surface area contributed by atoms with Gasteiger partial charge in [-0.25, -0.2) is 4.39 Å². The number of guanidine groups is 1. The fraction of sp³-hybridized carbons (Fsp3) is 0.304. The van der Waals surface area contributed by atoms with Gasteiger partial charge in [-0.05, 0) is 24.6 Å². The van der Waals surface area contributed by atoms with E-state index >= 15 is 0 Å². The molecular weight excluding hydrogens is 383 g/mol. The molecular formula is C23H25FN4O2. The Hall–Kier alpha value is -3.19. The van der Waals surface area contributed by atoms with E-state index in [-0.39, 0.29) is 18.0 Å². The summed E-state index contributed by atoms with van der Waals surface area (Å²) in [4.78, 5) is 6.58. The van der Waals surface area contributed by atoms with Gasteiger partial charge in [-0.3, -0.25) is 4.99 Å². The number of ether oxygens (including phenoxy) is 1. The van der Waals surface area contributed by atoms with Crippen LogP contribution in [-0.2, 0) is 11.3 Å². The molecule has 7 heteroatoms. The third-order valence-corrected chi connectivity index (χ3v) is 5.06. The van der Waals surface area contributed by atoms with Gasteiger partial charge in [-0.1, -0.05) is 47.6 Å². The largest absolute Gasteiger partial charge is 0.367 e. The van der Waals surface area contributed by atoms with Crippen molar-refractivity contribution in [2.24, 2.45) is 4.99 Å². The Kier molecular flexibility index (Phi) is 6.09. The molecule has 3 aromatic rings. The summed E-state index contributed by atoms with van der Waals surface area (Å²) in [7, 11) is 1.76. The molecule has 2 unspecified atom stereocenters. The van der Waals surface area contributed by atoms with E-state index in [1.165, 1.54) is 12.1 Å². The number of halogens is 1. The van der Waals surface area contributed by atoms with E-state index in [1.54, 1.807) is 19.2 Å². The lowest BCUT2D eigenvalue weighted by Crippen LogP contribution is -2.50. The van der Waals surface area contributed by atoms with Crippen LogP contribution in [0.15, 0.2) is 70.2 Å². The highest BCUT2D eigenvalue weighted by atomic mass is 19.1. The molecule has 0 saturated carbocycles. The second-order valence-corrected chi connectivity index (χ2v) is 7.34. The number of rotatable bonds is 4. The lowest BCUT2D eigenvalue weighted by atomic mass is 10.1. The molecule has 1 aliphatic rings.